The zero-order valence-corrected chi connectivity index (χ0v) is 12.3. The second-order valence-electron chi connectivity index (χ2n) is 4.07. The van der Waals surface area contributed by atoms with Gasteiger partial charge < -0.3 is 5.32 Å². The Hall–Kier alpha value is -2.14. The Bertz CT molecular complexity index is 599. The van der Waals surface area contributed by atoms with Gasteiger partial charge in [0.1, 0.15) is 0 Å². The first-order chi connectivity index (χ1) is 9.74. The van der Waals surface area contributed by atoms with Gasteiger partial charge in [-0.2, -0.15) is 5.10 Å². The molecule has 0 heterocycles. The molecule has 4 nitrogen and oxygen atoms in total. The maximum absolute atomic E-state index is 11.6. The van der Waals surface area contributed by atoms with Gasteiger partial charge in [-0.05, 0) is 23.8 Å². The first kappa shape index (κ1) is 14.3. The molecule has 2 aromatic carbocycles. The molecular weight excluding hydrogens is 318 g/mol. The van der Waals surface area contributed by atoms with Crippen molar-refractivity contribution in [1.29, 1.82) is 0 Å². The molecule has 2 rings (SSSR count). The highest BCUT2D eigenvalue weighted by Gasteiger charge is 1.99. The Morgan fingerprint density at radius 3 is 2.70 bits per heavy atom. The van der Waals surface area contributed by atoms with Gasteiger partial charge in [-0.15, -0.1) is 0 Å². The van der Waals surface area contributed by atoms with E-state index in [1.807, 2.05) is 54.6 Å². The molecule has 0 fully saturated rings. The molecule has 0 aliphatic heterocycles. The van der Waals surface area contributed by atoms with Gasteiger partial charge >= 0.3 is 0 Å². The van der Waals surface area contributed by atoms with Gasteiger partial charge in [0.15, 0.2) is 0 Å². The number of benzene rings is 2. The topological polar surface area (TPSA) is 53.5 Å². The zero-order valence-electron chi connectivity index (χ0n) is 10.7. The summed E-state index contributed by atoms with van der Waals surface area (Å²) in [5, 5.41) is 6.92. The second kappa shape index (κ2) is 7.45. The highest BCUT2D eigenvalue weighted by Crippen LogP contribution is 2.15. The summed E-state index contributed by atoms with van der Waals surface area (Å²) >= 11 is 3.37. The van der Waals surface area contributed by atoms with E-state index in [1.165, 1.54) is 0 Å². The van der Waals surface area contributed by atoms with E-state index in [0.717, 1.165) is 15.7 Å². The Balaban J connectivity index is 1.77. The molecule has 0 aliphatic carbocycles. The maximum atomic E-state index is 11.6. The van der Waals surface area contributed by atoms with Crippen LogP contribution in [-0.2, 0) is 4.79 Å². The van der Waals surface area contributed by atoms with Gasteiger partial charge in [-0.25, -0.2) is 5.43 Å². The van der Waals surface area contributed by atoms with E-state index in [-0.39, 0.29) is 12.5 Å². The van der Waals surface area contributed by atoms with Crippen LogP contribution in [-0.4, -0.2) is 18.7 Å². The number of carbonyl (C=O) groups excluding carboxylic acids is 1. The predicted octanol–water partition coefficient (Wildman–Crippen LogP) is 3.01. The van der Waals surface area contributed by atoms with Crippen molar-refractivity contribution >= 4 is 33.7 Å². The van der Waals surface area contributed by atoms with E-state index in [2.05, 4.69) is 31.8 Å². The van der Waals surface area contributed by atoms with E-state index < -0.39 is 0 Å². The molecule has 2 aromatic rings. The summed E-state index contributed by atoms with van der Waals surface area (Å²) in [5.74, 6) is -0.197. The van der Waals surface area contributed by atoms with Crippen LogP contribution >= 0.6 is 15.9 Å². The fourth-order valence-electron chi connectivity index (χ4n) is 1.54. The van der Waals surface area contributed by atoms with E-state index in [1.54, 1.807) is 6.21 Å². The smallest absolute Gasteiger partial charge is 0.259 e. The number of hydrogen-bond acceptors (Lipinski definition) is 3. The monoisotopic (exact) mass is 331 g/mol. The zero-order chi connectivity index (χ0) is 14.2. The minimum atomic E-state index is -0.197. The van der Waals surface area contributed by atoms with Crippen molar-refractivity contribution in [2.24, 2.45) is 5.10 Å². The van der Waals surface area contributed by atoms with Crippen LogP contribution < -0.4 is 10.7 Å². The summed E-state index contributed by atoms with van der Waals surface area (Å²) in [6, 6.07) is 17.2. The van der Waals surface area contributed by atoms with Crippen molar-refractivity contribution in [3.8, 4) is 0 Å². The minimum Gasteiger partial charge on any atom is -0.376 e. The summed E-state index contributed by atoms with van der Waals surface area (Å²) in [5.41, 5.74) is 4.29. The summed E-state index contributed by atoms with van der Waals surface area (Å²) < 4.78 is 0.963. The third kappa shape index (κ3) is 4.85. The Kier molecular flexibility index (Phi) is 5.32. The lowest BCUT2D eigenvalue weighted by atomic mass is 10.2. The van der Waals surface area contributed by atoms with Gasteiger partial charge in [0.05, 0.1) is 12.8 Å². The quantitative estimate of drug-likeness (QED) is 0.653. The number of hydrazone groups is 1. The first-order valence-corrected chi connectivity index (χ1v) is 6.90. The van der Waals surface area contributed by atoms with Crippen LogP contribution in [0.25, 0.3) is 0 Å². The van der Waals surface area contributed by atoms with Gasteiger partial charge in [0.25, 0.3) is 5.91 Å². The van der Waals surface area contributed by atoms with Gasteiger partial charge in [0.2, 0.25) is 0 Å². The molecule has 102 valence electrons. The normalized spacial score (nSPS) is 10.4. The van der Waals surface area contributed by atoms with Crippen molar-refractivity contribution in [1.82, 2.24) is 5.43 Å². The fourth-order valence-corrected chi connectivity index (χ4v) is 1.94. The van der Waals surface area contributed by atoms with E-state index in [9.17, 15) is 4.79 Å². The van der Waals surface area contributed by atoms with E-state index in [0.29, 0.717) is 0 Å². The lowest BCUT2D eigenvalue weighted by Crippen LogP contribution is -2.25. The molecule has 2 N–H and O–H groups in total. The van der Waals surface area contributed by atoms with Crippen molar-refractivity contribution in [3.63, 3.8) is 0 Å². The van der Waals surface area contributed by atoms with Crippen LogP contribution in [0.1, 0.15) is 5.56 Å². The highest BCUT2D eigenvalue weighted by molar-refractivity contribution is 9.10. The second-order valence-corrected chi connectivity index (χ2v) is 4.98. The van der Waals surface area contributed by atoms with Gasteiger partial charge in [0, 0.05) is 10.2 Å². The summed E-state index contributed by atoms with van der Waals surface area (Å²) in [6.07, 6.45) is 1.61. The Morgan fingerprint density at radius 2 is 1.95 bits per heavy atom. The predicted molar refractivity (Wildman–Crippen MR) is 84.8 cm³/mol. The molecule has 0 spiro atoms. The van der Waals surface area contributed by atoms with Crippen LogP contribution in [0.5, 0.6) is 0 Å². The van der Waals surface area contributed by atoms with Crippen molar-refractivity contribution in [2.45, 2.75) is 0 Å². The number of anilines is 1. The van der Waals surface area contributed by atoms with E-state index in [4.69, 9.17) is 0 Å². The minimum absolute atomic E-state index is 0.169. The van der Waals surface area contributed by atoms with Gasteiger partial charge in [-0.1, -0.05) is 52.3 Å². The molecule has 0 radical (unpaired) electrons. The van der Waals surface area contributed by atoms with Crippen molar-refractivity contribution < 1.29 is 4.79 Å². The van der Waals surface area contributed by atoms with Crippen molar-refractivity contribution in [2.75, 3.05) is 11.9 Å². The third-order valence-corrected chi connectivity index (χ3v) is 2.97. The SMILES string of the molecule is O=C(CNc1cccc(Br)c1)N/N=C\c1ccccc1. The number of nitrogens with one attached hydrogen (secondary N) is 2. The number of amides is 1. The Labute approximate surface area is 126 Å². The molecule has 0 saturated heterocycles. The largest absolute Gasteiger partial charge is 0.376 e. The number of hydrogen-bond donors (Lipinski definition) is 2. The molecule has 0 aliphatic rings. The maximum Gasteiger partial charge on any atom is 0.259 e. The molecule has 0 bridgehead atoms. The number of halogens is 1. The molecule has 1 amide bonds. The lowest BCUT2D eigenvalue weighted by Gasteiger charge is -2.05. The van der Waals surface area contributed by atoms with Gasteiger partial charge in [-0.3, -0.25) is 4.79 Å². The third-order valence-electron chi connectivity index (χ3n) is 2.48. The number of carbonyl (C=O) groups is 1. The molecule has 0 aromatic heterocycles. The summed E-state index contributed by atoms with van der Waals surface area (Å²) in [7, 11) is 0. The average molecular weight is 332 g/mol. The molecule has 0 atom stereocenters. The van der Waals surface area contributed by atoms with Crippen LogP contribution in [0.3, 0.4) is 0 Å². The van der Waals surface area contributed by atoms with Crippen LogP contribution in [0.4, 0.5) is 5.69 Å². The van der Waals surface area contributed by atoms with Crippen LogP contribution in [0, 0.1) is 0 Å². The fraction of sp³-hybridized carbons (Fsp3) is 0.0667. The average Bonchev–Trinajstić information content (AvgIpc) is 2.46. The molecule has 5 heteroatoms. The summed E-state index contributed by atoms with van der Waals surface area (Å²) in [4.78, 5) is 11.6. The van der Waals surface area contributed by atoms with Crippen LogP contribution in [0.15, 0.2) is 64.2 Å². The Morgan fingerprint density at radius 1 is 1.15 bits per heavy atom. The first-order valence-electron chi connectivity index (χ1n) is 6.10. The number of nitrogens with zero attached hydrogens (tertiary/aromatic N) is 1. The highest BCUT2D eigenvalue weighted by atomic mass is 79.9. The molecular formula is C15H14BrN3O. The molecule has 0 saturated carbocycles. The molecule has 0 unspecified atom stereocenters. The van der Waals surface area contributed by atoms with Crippen molar-refractivity contribution in [3.05, 3.63) is 64.6 Å². The van der Waals surface area contributed by atoms with E-state index >= 15 is 0 Å². The van der Waals surface area contributed by atoms with Crippen LogP contribution in [0.2, 0.25) is 0 Å². The lowest BCUT2D eigenvalue weighted by molar-refractivity contribution is -0.119. The standard InChI is InChI=1S/C15H14BrN3O/c16-13-7-4-8-14(9-13)17-11-15(20)19-18-10-12-5-2-1-3-6-12/h1-10,17H,11H2,(H,19,20)/b18-10-. The summed E-state index contributed by atoms with van der Waals surface area (Å²) in [6.45, 7) is 0.169. The molecule has 20 heavy (non-hydrogen) atoms. The number of rotatable bonds is 5.